The summed E-state index contributed by atoms with van der Waals surface area (Å²) in [7, 11) is 0. The van der Waals surface area contributed by atoms with Gasteiger partial charge in [-0.2, -0.15) is 0 Å². The molecule has 0 aliphatic heterocycles. The zero-order valence-electron chi connectivity index (χ0n) is 7.72. The average molecular weight is 214 g/mol. The van der Waals surface area contributed by atoms with Crippen LogP contribution in [0.5, 0.6) is 0 Å². The van der Waals surface area contributed by atoms with E-state index in [9.17, 15) is 4.79 Å². The first-order valence-electron chi connectivity index (χ1n) is 4.77. The number of H-pyrrole nitrogens is 1. The molecule has 0 atom stereocenters. The van der Waals surface area contributed by atoms with Crippen LogP contribution in [-0.4, -0.2) is 16.0 Å². The molecule has 0 bridgehead atoms. The van der Waals surface area contributed by atoms with Gasteiger partial charge in [0, 0.05) is 6.04 Å². The first kappa shape index (κ1) is 9.52. The zero-order chi connectivity index (χ0) is 9.97. The lowest BCUT2D eigenvalue weighted by molar-refractivity contribution is 0.743. The van der Waals surface area contributed by atoms with Crippen LogP contribution in [-0.2, 0) is 0 Å². The van der Waals surface area contributed by atoms with Gasteiger partial charge in [-0.15, -0.1) is 0 Å². The second-order valence-corrected chi connectivity index (χ2v) is 3.94. The molecule has 2 N–H and O–H groups in total. The molecular formula is C9H12ClN3O. The molecule has 1 saturated carbocycles. The van der Waals surface area contributed by atoms with Gasteiger partial charge in [-0.1, -0.05) is 24.4 Å². The van der Waals surface area contributed by atoms with Crippen LogP contribution in [0.4, 0.5) is 5.95 Å². The summed E-state index contributed by atoms with van der Waals surface area (Å²) in [6, 6.07) is 0.444. The molecule has 5 heteroatoms. The Morgan fingerprint density at radius 2 is 2.21 bits per heavy atom. The smallest absolute Gasteiger partial charge is 0.271 e. The Hall–Kier alpha value is -1.03. The summed E-state index contributed by atoms with van der Waals surface area (Å²) in [5, 5.41) is 3.31. The Morgan fingerprint density at radius 1 is 1.50 bits per heavy atom. The number of nitrogens with zero attached hydrogens (tertiary/aromatic N) is 1. The average Bonchev–Trinajstić information content (AvgIpc) is 2.64. The summed E-state index contributed by atoms with van der Waals surface area (Å²) in [6.07, 6.45) is 6.15. The summed E-state index contributed by atoms with van der Waals surface area (Å²) in [5.74, 6) is 0.520. The van der Waals surface area contributed by atoms with Gasteiger partial charge in [0.15, 0.2) is 0 Å². The van der Waals surface area contributed by atoms with Crippen LogP contribution >= 0.6 is 11.6 Å². The van der Waals surface area contributed by atoms with Crippen LogP contribution in [0, 0.1) is 0 Å². The molecule has 2 rings (SSSR count). The third-order valence-electron chi connectivity index (χ3n) is 2.45. The summed E-state index contributed by atoms with van der Waals surface area (Å²) < 4.78 is 0. The molecule has 0 aromatic carbocycles. The lowest BCUT2D eigenvalue weighted by Gasteiger charge is -2.11. The summed E-state index contributed by atoms with van der Waals surface area (Å²) in [6.45, 7) is 0. The van der Waals surface area contributed by atoms with Gasteiger partial charge >= 0.3 is 0 Å². The second kappa shape index (κ2) is 4.00. The highest BCUT2D eigenvalue weighted by Gasteiger charge is 2.15. The maximum Gasteiger partial charge on any atom is 0.271 e. The van der Waals surface area contributed by atoms with E-state index < -0.39 is 0 Å². The molecule has 1 aromatic rings. The lowest BCUT2D eigenvalue weighted by atomic mass is 10.3. The van der Waals surface area contributed by atoms with E-state index in [-0.39, 0.29) is 10.6 Å². The van der Waals surface area contributed by atoms with Gasteiger partial charge in [0.05, 0.1) is 6.20 Å². The van der Waals surface area contributed by atoms with E-state index in [4.69, 9.17) is 11.6 Å². The van der Waals surface area contributed by atoms with Crippen molar-refractivity contribution in [1.29, 1.82) is 0 Å². The molecule has 76 valence electrons. The van der Waals surface area contributed by atoms with Gasteiger partial charge in [0.1, 0.15) is 5.02 Å². The molecule has 1 aliphatic carbocycles. The number of rotatable bonds is 2. The van der Waals surface area contributed by atoms with Crippen LogP contribution in [0.2, 0.25) is 5.02 Å². The van der Waals surface area contributed by atoms with Crippen molar-refractivity contribution in [2.24, 2.45) is 0 Å². The number of hydrogen-bond acceptors (Lipinski definition) is 3. The van der Waals surface area contributed by atoms with E-state index in [1.54, 1.807) is 0 Å². The van der Waals surface area contributed by atoms with E-state index >= 15 is 0 Å². The molecule has 4 nitrogen and oxygen atoms in total. The highest BCUT2D eigenvalue weighted by atomic mass is 35.5. The van der Waals surface area contributed by atoms with Gasteiger partial charge < -0.3 is 5.32 Å². The van der Waals surface area contributed by atoms with Crippen molar-refractivity contribution >= 4 is 17.5 Å². The summed E-state index contributed by atoms with van der Waals surface area (Å²) >= 11 is 5.56. The van der Waals surface area contributed by atoms with Crippen LogP contribution < -0.4 is 10.9 Å². The molecule has 1 aromatic heterocycles. The molecule has 1 heterocycles. The molecular weight excluding hydrogens is 202 g/mol. The minimum Gasteiger partial charge on any atom is -0.353 e. The molecule has 1 fully saturated rings. The Kier molecular flexibility index (Phi) is 2.72. The van der Waals surface area contributed by atoms with Gasteiger partial charge in [-0.05, 0) is 12.8 Å². The van der Waals surface area contributed by atoms with Crippen molar-refractivity contribution in [3.8, 4) is 0 Å². The molecule has 0 unspecified atom stereocenters. The van der Waals surface area contributed by atoms with Crippen molar-refractivity contribution in [3.63, 3.8) is 0 Å². The standard InChI is InChI=1S/C9H12ClN3O/c10-7-5-11-9(13-8(7)14)12-6-3-1-2-4-6/h5-6H,1-4H2,(H2,11,12,13,14). The number of nitrogens with one attached hydrogen (secondary N) is 2. The van der Waals surface area contributed by atoms with Gasteiger partial charge in [0.2, 0.25) is 5.95 Å². The highest BCUT2D eigenvalue weighted by Crippen LogP contribution is 2.20. The van der Waals surface area contributed by atoms with E-state index in [1.807, 2.05) is 0 Å². The summed E-state index contributed by atoms with van der Waals surface area (Å²) in [5.41, 5.74) is -0.290. The van der Waals surface area contributed by atoms with Gasteiger partial charge in [-0.25, -0.2) is 4.98 Å². The molecule has 0 saturated heterocycles. The molecule has 1 aliphatic rings. The van der Waals surface area contributed by atoms with Crippen molar-refractivity contribution in [3.05, 3.63) is 21.6 Å². The van der Waals surface area contributed by atoms with Crippen molar-refractivity contribution in [2.75, 3.05) is 5.32 Å². The Morgan fingerprint density at radius 3 is 2.86 bits per heavy atom. The topological polar surface area (TPSA) is 57.8 Å². The van der Waals surface area contributed by atoms with E-state index in [0.29, 0.717) is 12.0 Å². The fourth-order valence-corrected chi connectivity index (χ4v) is 1.81. The minimum absolute atomic E-state index is 0.127. The third kappa shape index (κ3) is 2.07. The summed E-state index contributed by atoms with van der Waals surface area (Å²) in [4.78, 5) is 17.7. The van der Waals surface area contributed by atoms with E-state index in [1.165, 1.54) is 19.0 Å². The third-order valence-corrected chi connectivity index (χ3v) is 2.72. The van der Waals surface area contributed by atoms with Crippen molar-refractivity contribution < 1.29 is 0 Å². The van der Waals surface area contributed by atoms with Crippen LogP contribution in [0.1, 0.15) is 25.7 Å². The molecule has 0 radical (unpaired) electrons. The monoisotopic (exact) mass is 213 g/mol. The Bertz CT molecular complexity index is 371. The first-order valence-corrected chi connectivity index (χ1v) is 5.15. The highest BCUT2D eigenvalue weighted by molar-refractivity contribution is 6.30. The zero-order valence-corrected chi connectivity index (χ0v) is 8.47. The normalized spacial score (nSPS) is 17.2. The lowest BCUT2D eigenvalue weighted by Crippen LogP contribution is -2.19. The predicted molar refractivity (Wildman–Crippen MR) is 55.7 cm³/mol. The number of aromatic amines is 1. The van der Waals surface area contributed by atoms with Gasteiger partial charge in [-0.3, -0.25) is 9.78 Å². The number of anilines is 1. The predicted octanol–water partition coefficient (Wildman–Crippen LogP) is 1.78. The number of halogens is 1. The quantitative estimate of drug-likeness (QED) is 0.788. The van der Waals surface area contributed by atoms with Gasteiger partial charge in [0.25, 0.3) is 5.56 Å². The van der Waals surface area contributed by atoms with E-state index in [0.717, 1.165) is 12.8 Å². The fraction of sp³-hybridized carbons (Fsp3) is 0.556. The maximum atomic E-state index is 11.1. The molecule has 14 heavy (non-hydrogen) atoms. The van der Waals surface area contributed by atoms with Crippen molar-refractivity contribution in [1.82, 2.24) is 9.97 Å². The number of aromatic nitrogens is 2. The first-order chi connectivity index (χ1) is 6.75. The van der Waals surface area contributed by atoms with Crippen molar-refractivity contribution in [2.45, 2.75) is 31.7 Å². The molecule has 0 amide bonds. The number of hydrogen-bond donors (Lipinski definition) is 2. The largest absolute Gasteiger partial charge is 0.353 e. The van der Waals surface area contributed by atoms with E-state index in [2.05, 4.69) is 15.3 Å². The Labute approximate surface area is 86.7 Å². The fourth-order valence-electron chi connectivity index (χ4n) is 1.72. The van der Waals surface area contributed by atoms with Crippen LogP contribution in [0.3, 0.4) is 0 Å². The van der Waals surface area contributed by atoms with Crippen LogP contribution in [0.15, 0.2) is 11.0 Å². The van der Waals surface area contributed by atoms with Crippen LogP contribution in [0.25, 0.3) is 0 Å². The SMILES string of the molecule is O=c1[nH]c(NC2CCCC2)ncc1Cl. The molecule has 0 spiro atoms. The Balaban J connectivity index is 2.09. The maximum absolute atomic E-state index is 11.1. The minimum atomic E-state index is -0.290. The second-order valence-electron chi connectivity index (χ2n) is 3.53.